The van der Waals surface area contributed by atoms with Crippen LogP contribution in [0.25, 0.3) is 0 Å². The summed E-state index contributed by atoms with van der Waals surface area (Å²) in [5, 5.41) is 12.9. The SMILES string of the molecule is Cc1ccc2c(c1)C(C)(C)/C(=C/C=C1\CCCC(/C=C/C3=[N+](CCCS(=O)(=O)O)c4ccc(S(=O)(=O)O)cc4C3(C)C)=C1NCC(=O)N1CCC(C(=O)O)CC1)N2CCCS(=O)(=O)O. The molecular weight excluding hydrogens is 885 g/mol. The molecule has 0 atom stereocenters. The van der Waals surface area contributed by atoms with Crippen molar-refractivity contribution in [2.75, 3.05) is 49.1 Å². The van der Waals surface area contributed by atoms with E-state index in [9.17, 15) is 53.6 Å². The van der Waals surface area contributed by atoms with Gasteiger partial charge in [-0.05, 0) is 100 Å². The van der Waals surface area contributed by atoms with Crippen molar-refractivity contribution in [1.82, 2.24) is 10.2 Å². The maximum absolute atomic E-state index is 13.7. The first-order chi connectivity index (χ1) is 29.8. The number of amides is 1. The maximum Gasteiger partial charge on any atom is 0.306 e. The first-order valence-corrected chi connectivity index (χ1v) is 26.1. The predicted octanol–water partition coefficient (Wildman–Crippen LogP) is 5.69. The third-order valence-electron chi connectivity index (χ3n) is 12.8. The Morgan fingerprint density at radius 1 is 0.844 bits per heavy atom. The monoisotopic (exact) mass is 943 g/mol. The molecule has 5 N–H and O–H groups in total. The third-order valence-corrected chi connectivity index (χ3v) is 15.3. The van der Waals surface area contributed by atoms with Gasteiger partial charge in [0.1, 0.15) is 6.54 Å². The standard InChI is InChI=1S/C45H58N4O12S3/c1-30-11-15-37-35(27-30)44(2,3)39(48(37)21-7-25-62(53,54)55)17-12-31-9-6-10-32(42(31)46-29-41(50)47-23-19-33(20-24-47)43(51)52)13-18-40-45(4,5)36-28-34(64(59,60)61)14-16-38(36)49(40)22-8-26-63(56,57)58/h11-18,27-28,33H,6-10,19-26,29H2,1-5H3,(H4,51,52,53,54,55,56,57,58,59,60,61)/p+1/b31-12+,39-17-. The van der Waals surface area contributed by atoms with Crippen molar-refractivity contribution in [3.8, 4) is 0 Å². The Kier molecular flexibility index (Phi) is 14.2. The first-order valence-electron chi connectivity index (χ1n) is 21.4. The van der Waals surface area contributed by atoms with Crippen LogP contribution in [0.15, 0.2) is 88.1 Å². The Balaban J connectivity index is 1.43. The lowest BCUT2D eigenvalue weighted by Gasteiger charge is -2.31. The average Bonchev–Trinajstić information content (AvgIpc) is 3.54. The second-order valence-corrected chi connectivity index (χ2v) is 22.6. The van der Waals surface area contributed by atoms with Crippen molar-refractivity contribution in [2.45, 2.75) is 95.3 Å². The third kappa shape index (κ3) is 11.1. The van der Waals surface area contributed by atoms with E-state index in [2.05, 4.69) is 30.1 Å². The number of carboxylic acids is 1. The van der Waals surface area contributed by atoms with Gasteiger partial charge in [0.05, 0.1) is 34.3 Å². The molecule has 0 spiro atoms. The van der Waals surface area contributed by atoms with Gasteiger partial charge in [-0.2, -0.15) is 29.8 Å². The van der Waals surface area contributed by atoms with Crippen LogP contribution in [0.3, 0.4) is 0 Å². The van der Waals surface area contributed by atoms with Crippen LogP contribution in [0.5, 0.6) is 0 Å². The number of piperidine rings is 1. The van der Waals surface area contributed by atoms with Gasteiger partial charge in [0.15, 0.2) is 5.71 Å². The summed E-state index contributed by atoms with van der Waals surface area (Å²) in [7, 11) is -13.0. The minimum absolute atomic E-state index is 0.0568. The fourth-order valence-corrected chi connectivity index (χ4v) is 10.9. The molecule has 19 heteroatoms. The summed E-state index contributed by atoms with van der Waals surface area (Å²) in [6.07, 6.45) is 10.8. The Labute approximate surface area is 376 Å². The van der Waals surface area contributed by atoms with Gasteiger partial charge in [-0.15, -0.1) is 0 Å². The zero-order valence-electron chi connectivity index (χ0n) is 36.9. The zero-order valence-corrected chi connectivity index (χ0v) is 39.3. The van der Waals surface area contributed by atoms with Crippen LogP contribution in [-0.2, 0) is 50.8 Å². The van der Waals surface area contributed by atoms with Gasteiger partial charge >= 0.3 is 5.97 Å². The molecule has 4 aliphatic rings. The smallest absolute Gasteiger partial charge is 0.306 e. The molecule has 16 nitrogen and oxygen atoms in total. The number of aliphatic carboxylic acids is 1. The number of aryl methyl sites for hydroxylation is 1. The molecule has 0 radical (unpaired) electrons. The van der Waals surface area contributed by atoms with E-state index in [4.69, 9.17) is 0 Å². The van der Waals surface area contributed by atoms with Gasteiger partial charge in [0, 0.05) is 66.3 Å². The number of allylic oxidation sites excluding steroid dienone is 7. The molecule has 1 amide bonds. The van der Waals surface area contributed by atoms with E-state index >= 15 is 0 Å². The molecule has 348 valence electrons. The molecule has 0 saturated carbocycles. The summed E-state index contributed by atoms with van der Waals surface area (Å²) in [5.41, 5.74) is 7.06. The minimum Gasteiger partial charge on any atom is -0.481 e. The number of nitrogens with one attached hydrogen (secondary N) is 1. The summed E-state index contributed by atoms with van der Waals surface area (Å²) in [5.74, 6) is -2.45. The van der Waals surface area contributed by atoms with E-state index in [1.54, 1.807) is 11.0 Å². The van der Waals surface area contributed by atoms with Crippen molar-refractivity contribution < 1.29 is 58.2 Å². The minimum atomic E-state index is -4.55. The van der Waals surface area contributed by atoms with Crippen LogP contribution in [0.2, 0.25) is 0 Å². The largest absolute Gasteiger partial charge is 0.481 e. The number of anilines is 1. The highest BCUT2D eigenvalue weighted by atomic mass is 32.2. The van der Waals surface area contributed by atoms with Crippen molar-refractivity contribution in [2.24, 2.45) is 5.92 Å². The normalized spacial score (nSPS) is 20.4. The number of fused-ring (bicyclic) bond motifs is 2. The molecule has 0 unspecified atom stereocenters. The molecule has 2 aromatic rings. The molecule has 3 heterocycles. The lowest BCUT2D eigenvalue weighted by Crippen LogP contribution is -2.44. The first kappa shape index (κ1) is 48.8. The van der Waals surface area contributed by atoms with E-state index in [0.717, 1.165) is 45.8 Å². The molecule has 3 aliphatic heterocycles. The lowest BCUT2D eigenvalue weighted by atomic mass is 9.81. The van der Waals surface area contributed by atoms with E-state index < -0.39 is 64.6 Å². The van der Waals surface area contributed by atoms with E-state index in [-0.39, 0.29) is 36.7 Å². The average molecular weight is 944 g/mol. The molecular formula is C45H59N4O12S3+. The van der Waals surface area contributed by atoms with Gasteiger partial charge in [-0.3, -0.25) is 23.2 Å². The number of likely N-dealkylation sites (tertiary alicyclic amines) is 1. The van der Waals surface area contributed by atoms with Gasteiger partial charge in [-0.1, -0.05) is 43.7 Å². The number of rotatable bonds is 16. The Bertz CT molecular complexity index is 2710. The summed E-state index contributed by atoms with van der Waals surface area (Å²) >= 11 is 0. The van der Waals surface area contributed by atoms with Crippen molar-refractivity contribution in [3.63, 3.8) is 0 Å². The highest BCUT2D eigenvalue weighted by Crippen LogP contribution is 2.48. The Morgan fingerprint density at radius 2 is 1.52 bits per heavy atom. The molecule has 6 rings (SSSR count). The molecule has 0 aromatic heterocycles. The Hall–Kier alpha value is -4.66. The Morgan fingerprint density at radius 3 is 2.16 bits per heavy atom. The molecule has 1 fully saturated rings. The fourth-order valence-electron chi connectivity index (χ4n) is 9.39. The molecule has 0 bridgehead atoms. The van der Waals surface area contributed by atoms with E-state index in [1.807, 2.05) is 61.8 Å². The number of carboxylic acid groups (broad SMARTS) is 1. The second-order valence-electron chi connectivity index (χ2n) is 18.1. The number of nitrogens with zero attached hydrogens (tertiary/aromatic N) is 3. The molecule has 64 heavy (non-hydrogen) atoms. The van der Waals surface area contributed by atoms with Crippen LogP contribution in [-0.4, -0.2) is 115 Å². The highest BCUT2D eigenvalue weighted by Gasteiger charge is 2.45. The van der Waals surface area contributed by atoms with Gasteiger partial charge in [-0.25, -0.2) is 0 Å². The van der Waals surface area contributed by atoms with Crippen LogP contribution in [0, 0.1) is 12.8 Å². The number of benzene rings is 2. The van der Waals surface area contributed by atoms with Crippen molar-refractivity contribution >= 4 is 59.3 Å². The number of carbonyl (C=O) groups excluding carboxylic acids is 1. The summed E-state index contributed by atoms with van der Waals surface area (Å²) in [6.45, 7) is 11.1. The summed E-state index contributed by atoms with van der Waals surface area (Å²) in [4.78, 5) is 28.8. The topological polar surface area (TPSA) is 239 Å². The predicted molar refractivity (Wildman–Crippen MR) is 244 cm³/mol. The van der Waals surface area contributed by atoms with Crippen molar-refractivity contribution in [3.05, 3.63) is 99.9 Å². The van der Waals surface area contributed by atoms with Gasteiger partial charge in [0.25, 0.3) is 30.4 Å². The fraction of sp³-hybridized carbons (Fsp3) is 0.489. The van der Waals surface area contributed by atoms with Crippen LogP contribution < -0.4 is 10.2 Å². The van der Waals surface area contributed by atoms with Crippen LogP contribution in [0.1, 0.15) is 89.3 Å². The number of hydrogen-bond donors (Lipinski definition) is 5. The summed E-state index contributed by atoms with van der Waals surface area (Å²) < 4.78 is 102. The lowest BCUT2D eigenvalue weighted by molar-refractivity contribution is -0.437. The van der Waals surface area contributed by atoms with Crippen molar-refractivity contribution in [1.29, 1.82) is 0 Å². The number of hydrogen-bond acceptors (Lipinski definition) is 10. The molecule has 2 aromatic carbocycles. The van der Waals surface area contributed by atoms with Crippen LogP contribution in [0.4, 0.5) is 11.4 Å². The zero-order chi connectivity index (χ0) is 47.0. The van der Waals surface area contributed by atoms with Crippen LogP contribution >= 0.6 is 0 Å². The van der Waals surface area contributed by atoms with Gasteiger partial charge < -0.3 is 20.2 Å². The molecule has 1 saturated heterocycles. The highest BCUT2D eigenvalue weighted by molar-refractivity contribution is 7.86. The second kappa shape index (κ2) is 18.7. The van der Waals surface area contributed by atoms with E-state index in [1.165, 1.54) is 12.1 Å². The quantitative estimate of drug-likeness (QED) is 0.100. The molecule has 1 aliphatic carbocycles. The summed E-state index contributed by atoms with van der Waals surface area (Å²) in [6, 6.07) is 10.4. The maximum atomic E-state index is 13.7. The van der Waals surface area contributed by atoms with E-state index in [0.29, 0.717) is 62.3 Å². The number of carbonyl (C=O) groups is 2. The van der Waals surface area contributed by atoms with Gasteiger partial charge in [0.2, 0.25) is 11.6 Å².